The third-order valence-corrected chi connectivity index (χ3v) is 6.34. The third kappa shape index (κ3) is 4.63. The molecule has 2 aromatic rings. The summed E-state index contributed by atoms with van der Waals surface area (Å²) in [5, 5.41) is 4.54. The Hall–Kier alpha value is -0.740. The largest absolute Gasteiger partial charge is 0.249 e. The van der Waals surface area contributed by atoms with Crippen molar-refractivity contribution in [3.05, 3.63) is 32.2 Å². The fourth-order valence-electron chi connectivity index (χ4n) is 2.27. The van der Waals surface area contributed by atoms with Gasteiger partial charge in [0.15, 0.2) is 0 Å². The van der Waals surface area contributed by atoms with Crippen molar-refractivity contribution in [1.82, 2.24) is 9.97 Å². The van der Waals surface area contributed by atoms with E-state index >= 15 is 0 Å². The lowest BCUT2D eigenvalue weighted by Gasteiger charge is -2.13. The van der Waals surface area contributed by atoms with Gasteiger partial charge >= 0.3 is 0 Å². The first-order valence-electron chi connectivity index (χ1n) is 8.07. The molecule has 1 aliphatic rings. The van der Waals surface area contributed by atoms with Crippen LogP contribution in [0.4, 0.5) is 0 Å². The van der Waals surface area contributed by atoms with Gasteiger partial charge in [0.05, 0.1) is 15.7 Å². The van der Waals surface area contributed by atoms with Gasteiger partial charge in [0.2, 0.25) is 0 Å². The first kappa shape index (κ1) is 17.6. The van der Waals surface area contributed by atoms with E-state index in [1.54, 1.807) is 16.2 Å². The predicted octanol–water partition coefficient (Wildman–Crippen LogP) is 5.76. The molecule has 0 bridgehead atoms. The summed E-state index contributed by atoms with van der Waals surface area (Å²) in [6.45, 7) is 13.3. The molecule has 0 N–H and O–H groups in total. The monoisotopic (exact) mass is 336 g/mol. The lowest BCUT2D eigenvalue weighted by Crippen LogP contribution is -2.10. The van der Waals surface area contributed by atoms with Crippen LogP contribution in [0.2, 0.25) is 0 Å². The highest BCUT2D eigenvalue weighted by atomic mass is 32.1. The molecule has 0 amide bonds. The molecule has 4 heteroatoms. The number of aromatic nitrogens is 2. The molecule has 0 spiro atoms. The maximum absolute atomic E-state index is 4.74. The van der Waals surface area contributed by atoms with Crippen molar-refractivity contribution in [2.24, 2.45) is 0 Å². The van der Waals surface area contributed by atoms with Crippen molar-refractivity contribution in [1.29, 1.82) is 0 Å². The second-order valence-electron chi connectivity index (χ2n) is 7.93. The number of thiazole rings is 2. The maximum atomic E-state index is 4.74. The predicted molar refractivity (Wildman–Crippen MR) is 98.3 cm³/mol. The summed E-state index contributed by atoms with van der Waals surface area (Å²) in [6, 6.07) is 0. The molecule has 3 rings (SSSR count). The van der Waals surface area contributed by atoms with Crippen LogP contribution in [0.1, 0.15) is 75.0 Å². The molecular weight excluding hydrogens is 308 g/mol. The topological polar surface area (TPSA) is 25.8 Å². The Balaban J connectivity index is 0.000000172. The smallest absolute Gasteiger partial charge is 0.0984 e. The van der Waals surface area contributed by atoms with Gasteiger partial charge in [-0.1, -0.05) is 41.5 Å². The van der Waals surface area contributed by atoms with Gasteiger partial charge < -0.3 is 0 Å². The number of fused-ring (bicyclic) bond motifs is 1. The van der Waals surface area contributed by atoms with Gasteiger partial charge in [-0.05, 0) is 25.7 Å². The third-order valence-electron chi connectivity index (χ3n) is 3.56. The number of aryl methyl sites for hydroxylation is 2. The van der Waals surface area contributed by atoms with Crippen LogP contribution in [-0.4, -0.2) is 9.97 Å². The lowest BCUT2D eigenvalue weighted by atomic mass is 9.98. The quantitative estimate of drug-likeness (QED) is 0.611. The van der Waals surface area contributed by atoms with Gasteiger partial charge in [-0.25, -0.2) is 9.97 Å². The molecule has 0 saturated heterocycles. The highest BCUT2D eigenvalue weighted by molar-refractivity contribution is 7.12. The molecule has 0 saturated carbocycles. The summed E-state index contributed by atoms with van der Waals surface area (Å²) < 4.78 is 0. The van der Waals surface area contributed by atoms with Crippen LogP contribution in [-0.2, 0) is 23.7 Å². The molecular formula is C18H28N2S2. The van der Waals surface area contributed by atoms with Crippen LogP contribution < -0.4 is 0 Å². The van der Waals surface area contributed by atoms with Crippen molar-refractivity contribution < 1.29 is 0 Å². The summed E-state index contributed by atoms with van der Waals surface area (Å²) >= 11 is 3.65. The van der Waals surface area contributed by atoms with Crippen LogP contribution in [0.5, 0.6) is 0 Å². The van der Waals surface area contributed by atoms with Gasteiger partial charge in [-0.3, -0.25) is 0 Å². The molecule has 1 aliphatic carbocycles. The average Bonchev–Trinajstić information content (AvgIpc) is 3.07. The fourth-order valence-corrected chi connectivity index (χ4v) is 4.20. The summed E-state index contributed by atoms with van der Waals surface area (Å²) in [7, 11) is 0. The fraction of sp³-hybridized carbons (Fsp3) is 0.667. The van der Waals surface area contributed by atoms with Crippen molar-refractivity contribution in [2.75, 3.05) is 0 Å². The lowest BCUT2D eigenvalue weighted by molar-refractivity contribution is 0.580. The van der Waals surface area contributed by atoms with E-state index in [0.29, 0.717) is 0 Å². The van der Waals surface area contributed by atoms with E-state index in [1.165, 1.54) is 41.4 Å². The molecule has 0 unspecified atom stereocenters. The molecule has 0 aliphatic heterocycles. The minimum Gasteiger partial charge on any atom is -0.249 e. The van der Waals surface area contributed by atoms with Crippen LogP contribution in [0.25, 0.3) is 0 Å². The zero-order chi connectivity index (χ0) is 16.4. The molecule has 0 aromatic carbocycles. The molecule has 2 aromatic heterocycles. The maximum Gasteiger partial charge on any atom is 0.0984 e. The second kappa shape index (κ2) is 6.79. The van der Waals surface area contributed by atoms with Gasteiger partial charge in [-0.2, -0.15) is 0 Å². The summed E-state index contributed by atoms with van der Waals surface area (Å²) in [4.78, 5) is 10.5. The summed E-state index contributed by atoms with van der Waals surface area (Å²) in [5.74, 6) is 0. The second-order valence-corrected chi connectivity index (χ2v) is 9.91. The van der Waals surface area contributed by atoms with E-state index in [-0.39, 0.29) is 10.8 Å². The Morgan fingerprint density at radius 2 is 1.55 bits per heavy atom. The highest BCUT2D eigenvalue weighted by Crippen LogP contribution is 2.33. The van der Waals surface area contributed by atoms with Crippen molar-refractivity contribution in [2.45, 2.75) is 78.1 Å². The Morgan fingerprint density at radius 1 is 0.909 bits per heavy atom. The molecule has 2 nitrogen and oxygen atoms in total. The molecule has 122 valence electrons. The van der Waals surface area contributed by atoms with Gasteiger partial charge in [-0.15, -0.1) is 22.7 Å². The van der Waals surface area contributed by atoms with Crippen molar-refractivity contribution in [3.63, 3.8) is 0 Å². The minimum absolute atomic E-state index is 0.230. The van der Waals surface area contributed by atoms with E-state index in [0.717, 1.165) is 0 Å². The number of hydrogen-bond donors (Lipinski definition) is 0. The molecule has 0 atom stereocenters. The summed E-state index contributed by atoms with van der Waals surface area (Å²) in [6.07, 6.45) is 7.02. The zero-order valence-corrected chi connectivity index (χ0v) is 16.3. The van der Waals surface area contributed by atoms with E-state index in [2.05, 4.69) is 46.5 Å². The van der Waals surface area contributed by atoms with E-state index < -0.39 is 0 Å². The summed E-state index contributed by atoms with van der Waals surface area (Å²) in [5.41, 5.74) is 1.86. The number of rotatable bonds is 0. The minimum atomic E-state index is 0.230. The van der Waals surface area contributed by atoms with E-state index in [1.807, 2.05) is 22.9 Å². The molecule has 2 heterocycles. The normalized spacial score (nSPS) is 15.0. The van der Waals surface area contributed by atoms with Crippen LogP contribution in [0.3, 0.4) is 0 Å². The Bertz CT molecular complexity index is 560. The SMILES string of the molecule is CC(C)(C)c1nc2c(s1)CCCC2.CC(C)(C)c1nccs1. The molecule has 0 fully saturated rings. The van der Waals surface area contributed by atoms with Crippen LogP contribution in [0.15, 0.2) is 11.6 Å². The standard InChI is InChI=1S/C11H17NS.C7H11NS/c1-11(2,3)10-12-8-6-4-5-7-9(8)13-10;1-7(2,3)6-8-4-5-9-6/h4-7H2,1-3H3;4-5H,1-3H3. The Labute approximate surface area is 143 Å². The molecule has 0 radical (unpaired) electrons. The average molecular weight is 337 g/mol. The first-order valence-corrected chi connectivity index (χ1v) is 9.76. The molecule has 22 heavy (non-hydrogen) atoms. The van der Waals surface area contributed by atoms with Crippen LogP contribution in [0, 0.1) is 0 Å². The van der Waals surface area contributed by atoms with Crippen LogP contribution >= 0.6 is 22.7 Å². The first-order chi connectivity index (χ1) is 10.2. The van der Waals surface area contributed by atoms with Crippen molar-refractivity contribution in [3.8, 4) is 0 Å². The van der Waals surface area contributed by atoms with Gasteiger partial charge in [0.1, 0.15) is 0 Å². The Kier molecular flexibility index (Phi) is 5.44. The highest BCUT2D eigenvalue weighted by Gasteiger charge is 2.22. The Morgan fingerprint density at radius 3 is 2.00 bits per heavy atom. The van der Waals surface area contributed by atoms with E-state index in [9.17, 15) is 0 Å². The number of hydrogen-bond acceptors (Lipinski definition) is 4. The van der Waals surface area contributed by atoms with E-state index in [4.69, 9.17) is 4.98 Å². The van der Waals surface area contributed by atoms with Crippen molar-refractivity contribution >= 4 is 22.7 Å². The number of nitrogens with zero attached hydrogens (tertiary/aromatic N) is 2. The zero-order valence-electron chi connectivity index (χ0n) is 14.7. The van der Waals surface area contributed by atoms with Gasteiger partial charge in [0, 0.05) is 27.3 Å². The van der Waals surface area contributed by atoms with Gasteiger partial charge in [0.25, 0.3) is 0 Å².